The molecule has 0 aromatic heterocycles. The third-order valence-corrected chi connectivity index (χ3v) is 2.94. The first-order valence-electron chi connectivity index (χ1n) is 5.70. The number of hydrogen-bond acceptors (Lipinski definition) is 2. The number of carboxylic acids is 1. The Balaban J connectivity index is 2.29. The van der Waals surface area contributed by atoms with Gasteiger partial charge in [-0.1, -0.05) is 0 Å². The zero-order valence-electron chi connectivity index (χ0n) is 10.1. The number of carboxylic acid groups (broad SMARTS) is 1. The van der Waals surface area contributed by atoms with E-state index in [1.165, 1.54) is 18.2 Å². The number of benzene rings is 1. The van der Waals surface area contributed by atoms with Gasteiger partial charge in [-0.05, 0) is 47.0 Å². The molecule has 0 unspecified atom stereocenters. The Bertz CT molecular complexity index is 468. The number of nitrogens with one attached hydrogen (secondary N) is 2. The van der Waals surface area contributed by atoms with Crippen LogP contribution in [0.4, 0.5) is 14.9 Å². The molecule has 0 aliphatic carbocycles. The quantitative estimate of drug-likeness (QED) is 0.701. The van der Waals surface area contributed by atoms with Crippen LogP contribution in [-0.2, 0) is 4.79 Å². The van der Waals surface area contributed by atoms with E-state index >= 15 is 0 Å². The molecule has 5 nitrogen and oxygen atoms in total. The minimum Gasteiger partial charge on any atom is -0.481 e. The zero-order valence-corrected chi connectivity index (χ0v) is 11.7. The van der Waals surface area contributed by atoms with Crippen molar-refractivity contribution in [2.45, 2.75) is 19.3 Å². The maximum Gasteiger partial charge on any atom is 0.319 e. The second-order valence-electron chi connectivity index (χ2n) is 3.86. The van der Waals surface area contributed by atoms with Crippen molar-refractivity contribution in [2.75, 3.05) is 11.9 Å². The van der Waals surface area contributed by atoms with Crippen molar-refractivity contribution in [1.29, 1.82) is 0 Å². The lowest BCUT2D eigenvalue weighted by molar-refractivity contribution is -0.137. The van der Waals surface area contributed by atoms with Gasteiger partial charge in [-0.3, -0.25) is 4.79 Å². The van der Waals surface area contributed by atoms with Crippen molar-refractivity contribution in [3.8, 4) is 0 Å². The highest BCUT2D eigenvalue weighted by molar-refractivity contribution is 9.10. The molecular formula is C12H14BrFN2O3. The summed E-state index contributed by atoms with van der Waals surface area (Å²) < 4.78 is 13.3. The fraction of sp³-hybridized carbons (Fsp3) is 0.333. The Morgan fingerprint density at radius 1 is 1.32 bits per heavy atom. The molecule has 1 aromatic carbocycles. The molecule has 0 saturated carbocycles. The number of anilines is 1. The molecular weight excluding hydrogens is 319 g/mol. The number of hydrogen-bond donors (Lipinski definition) is 3. The minimum atomic E-state index is -0.848. The van der Waals surface area contributed by atoms with Gasteiger partial charge in [0.25, 0.3) is 0 Å². The van der Waals surface area contributed by atoms with Gasteiger partial charge in [-0.25, -0.2) is 9.18 Å². The van der Waals surface area contributed by atoms with Crippen molar-refractivity contribution in [3.63, 3.8) is 0 Å². The third kappa shape index (κ3) is 6.19. The summed E-state index contributed by atoms with van der Waals surface area (Å²) in [6, 6.07) is 3.53. The van der Waals surface area contributed by atoms with Gasteiger partial charge in [0.05, 0.1) is 5.69 Å². The lowest BCUT2D eigenvalue weighted by Crippen LogP contribution is -2.29. The zero-order chi connectivity index (χ0) is 14.3. The summed E-state index contributed by atoms with van der Waals surface area (Å²) in [5.74, 6) is -1.24. The number of aliphatic carboxylic acids is 1. The van der Waals surface area contributed by atoms with Crippen LogP contribution in [0.25, 0.3) is 0 Å². The van der Waals surface area contributed by atoms with Crippen molar-refractivity contribution in [1.82, 2.24) is 5.32 Å². The second-order valence-corrected chi connectivity index (χ2v) is 4.71. The van der Waals surface area contributed by atoms with Crippen molar-refractivity contribution in [2.24, 2.45) is 0 Å². The van der Waals surface area contributed by atoms with Gasteiger partial charge in [0.15, 0.2) is 0 Å². The average Bonchev–Trinajstić information content (AvgIpc) is 2.32. The minimum absolute atomic E-state index is 0.0901. The Labute approximate surface area is 118 Å². The number of carbonyl (C=O) groups is 2. The molecule has 0 aliphatic rings. The number of carbonyl (C=O) groups excluding carboxylic acids is 1. The number of unbranched alkanes of at least 4 members (excludes halogenated alkanes) is 1. The highest BCUT2D eigenvalue weighted by Crippen LogP contribution is 2.22. The van der Waals surface area contributed by atoms with E-state index in [2.05, 4.69) is 26.6 Å². The fourth-order valence-corrected chi connectivity index (χ4v) is 1.81. The molecule has 0 bridgehead atoms. The molecule has 1 rings (SSSR count). The summed E-state index contributed by atoms with van der Waals surface area (Å²) in [7, 11) is 0. The van der Waals surface area contributed by atoms with Crippen LogP contribution in [-0.4, -0.2) is 23.7 Å². The summed E-state index contributed by atoms with van der Waals surface area (Å²) in [5.41, 5.74) is 0.462. The molecule has 19 heavy (non-hydrogen) atoms. The molecule has 0 radical (unpaired) electrons. The Kier molecular flexibility index (Phi) is 6.27. The molecule has 104 valence electrons. The lowest BCUT2D eigenvalue weighted by atomic mass is 10.2. The van der Waals surface area contributed by atoms with Crippen LogP contribution < -0.4 is 10.6 Å². The van der Waals surface area contributed by atoms with Crippen LogP contribution in [0.5, 0.6) is 0 Å². The van der Waals surface area contributed by atoms with Crippen molar-refractivity contribution < 1.29 is 19.1 Å². The smallest absolute Gasteiger partial charge is 0.319 e. The molecule has 0 spiro atoms. The number of rotatable bonds is 6. The van der Waals surface area contributed by atoms with Gasteiger partial charge in [-0.15, -0.1) is 0 Å². The monoisotopic (exact) mass is 332 g/mol. The van der Waals surface area contributed by atoms with E-state index in [0.29, 0.717) is 29.5 Å². The van der Waals surface area contributed by atoms with Gasteiger partial charge in [0.1, 0.15) is 5.82 Å². The van der Waals surface area contributed by atoms with E-state index in [4.69, 9.17) is 5.11 Å². The molecule has 0 heterocycles. The molecule has 0 atom stereocenters. The fourth-order valence-electron chi connectivity index (χ4n) is 1.36. The van der Waals surface area contributed by atoms with E-state index in [-0.39, 0.29) is 6.42 Å². The van der Waals surface area contributed by atoms with Crippen LogP contribution in [0, 0.1) is 5.82 Å². The molecule has 1 aromatic rings. The topological polar surface area (TPSA) is 78.4 Å². The predicted octanol–water partition coefficient (Wildman–Crippen LogP) is 2.96. The first kappa shape index (κ1) is 15.4. The average molecular weight is 333 g/mol. The van der Waals surface area contributed by atoms with Crippen LogP contribution in [0.3, 0.4) is 0 Å². The largest absolute Gasteiger partial charge is 0.481 e. The number of amides is 2. The lowest BCUT2D eigenvalue weighted by Gasteiger charge is -2.08. The van der Waals surface area contributed by atoms with Crippen LogP contribution in [0.15, 0.2) is 22.7 Å². The van der Waals surface area contributed by atoms with E-state index in [1.807, 2.05) is 0 Å². The van der Waals surface area contributed by atoms with Gasteiger partial charge in [0.2, 0.25) is 0 Å². The van der Waals surface area contributed by atoms with E-state index in [1.54, 1.807) is 0 Å². The van der Waals surface area contributed by atoms with Gasteiger partial charge >= 0.3 is 12.0 Å². The highest BCUT2D eigenvalue weighted by Gasteiger charge is 2.05. The molecule has 0 aliphatic heterocycles. The van der Waals surface area contributed by atoms with Crippen LogP contribution in [0.2, 0.25) is 0 Å². The van der Waals surface area contributed by atoms with Crippen LogP contribution in [0.1, 0.15) is 19.3 Å². The second kappa shape index (κ2) is 7.73. The van der Waals surface area contributed by atoms with Crippen molar-refractivity contribution >= 4 is 33.6 Å². The maximum absolute atomic E-state index is 12.8. The molecule has 3 N–H and O–H groups in total. The van der Waals surface area contributed by atoms with E-state index in [9.17, 15) is 14.0 Å². The molecule has 0 fully saturated rings. The highest BCUT2D eigenvalue weighted by atomic mass is 79.9. The third-order valence-electron chi connectivity index (χ3n) is 2.28. The Morgan fingerprint density at radius 3 is 2.68 bits per heavy atom. The number of halogens is 2. The van der Waals surface area contributed by atoms with Gasteiger partial charge < -0.3 is 15.7 Å². The normalized spacial score (nSPS) is 10.0. The summed E-state index contributed by atoms with van der Waals surface area (Å²) in [6.07, 6.45) is 1.19. The molecule has 0 saturated heterocycles. The number of urea groups is 1. The summed E-state index contributed by atoms with van der Waals surface area (Å²) in [5, 5.41) is 13.6. The predicted molar refractivity (Wildman–Crippen MR) is 72.6 cm³/mol. The maximum atomic E-state index is 12.8. The molecule has 2 amide bonds. The SMILES string of the molecule is O=C(O)CCCCNC(=O)Nc1ccc(F)cc1Br. The first-order valence-corrected chi connectivity index (χ1v) is 6.50. The standard InChI is InChI=1S/C12H14BrFN2O3/c13-9-7-8(14)4-5-10(9)16-12(19)15-6-2-1-3-11(17)18/h4-5,7H,1-3,6H2,(H,17,18)(H2,15,16,19). The molecule has 7 heteroatoms. The summed E-state index contributed by atoms with van der Waals surface area (Å²) >= 11 is 3.14. The first-order chi connectivity index (χ1) is 8.99. The van der Waals surface area contributed by atoms with Gasteiger partial charge in [0, 0.05) is 17.4 Å². The van der Waals surface area contributed by atoms with Crippen LogP contribution >= 0.6 is 15.9 Å². The van der Waals surface area contributed by atoms with Gasteiger partial charge in [-0.2, -0.15) is 0 Å². The Hall–Kier alpha value is -1.63. The Morgan fingerprint density at radius 2 is 2.05 bits per heavy atom. The summed E-state index contributed by atoms with van der Waals surface area (Å²) in [6.45, 7) is 0.387. The van der Waals surface area contributed by atoms with E-state index in [0.717, 1.165) is 0 Å². The van der Waals surface area contributed by atoms with Crippen molar-refractivity contribution in [3.05, 3.63) is 28.5 Å². The summed E-state index contributed by atoms with van der Waals surface area (Å²) in [4.78, 5) is 21.8. The van der Waals surface area contributed by atoms with E-state index < -0.39 is 17.8 Å².